The molecule has 1 unspecified atom stereocenters. The Kier molecular flexibility index (Phi) is 7.83. The number of carboxylic acids is 1. The molecule has 2 aromatic carbocycles. The van der Waals surface area contributed by atoms with Crippen LogP contribution in [0.3, 0.4) is 0 Å². The maximum atomic E-state index is 12.1. The van der Waals surface area contributed by atoms with Gasteiger partial charge in [-0.15, -0.1) is 0 Å². The summed E-state index contributed by atoms with van der Waals surface area (Å²) in [4.78, 5) is 23.3. The maximum Gasteiger partial charge on any atom is 0.335 e. The van der Waals surface area contributed by atoms with Crippen LogP contribution in [0.25, 0.3) is 0 Å². The molecule has 1 atom stereocenters. The number of benzene rings is 2. The highest BCUT2D eigenvalue weighted by molar-refractivity contribution is 5.89. The van der Waals surface area contributed by atoms with Crippen molar-refractivity contribution in [2.75, 3.05) is 6.61 Å². The summed E-state index contributed by atoms with van der Waals surface area (Å²) >= 11 is 0. The third-order valence-corrected chi connectivity index (χ3v) is 5.66. The number of carboxylic acid groups (broad SMARTS) is 1. The Morgan fingerprint density at radius 1 is 1.03 bits per heavy atom. The fraction of sp³-hybridized carbons (Fsp3) is 0.462. The minimum absolute atomic E-state index is 0.0848. The van der Waals surface area contributed by atoms with Crippen LogP contribution in [0, 0.1) is 19.3 Å². The molecule has 0 heterocycles. The Hall–Kier alpha value is -2.62. The summed E-state index contributed by atoms with van der Waals surface area (Å²) < 4.78 is 5.77. The lowest BCUT2D eigenvalue weighted by Crippen LogP contribution is -2.26. The molecule has 1 N–H and O–H groups in total. The summed E-state index contributed by atoms with van der Waals surface area (Å²) in [6, 6.07) is 11.8. The van der Waals surface area contributed by atoms with Crippen molar-refractivity contribution in [2.45, 2.75) is 66.7 Å². The lowest BCUT2D eigenvalue weighted by atomic mass is 9.89. The summed E-state index contributed by atoms with van der Waals surface area (Å²) in [7, 11) is 0. The van der Waals surface area contributed by atoms with Gasteiger partial charge in [0, 0.05) is 5.41 Å². The Morgan fingerprint density at radius 2 is 1.73 bits per heavy atom. The van der Waals surface area contributed by atoms with Gasteiger partial charge < -0.3 is 9.84 Å². The minimum Gasteiger partial charge on any atom is -0.486 e. The van der Waals surface area contributed by atoms with E-state index < -0.39 is 11.4 Å². The molecule has 30 heavy (non-hydrogen) atoms. The van der Waals surface area contributed by atoms with Crippen molar-refractivity contribution in [3.05, 3.63) is 64.2 Å². The molecule has 162 valence electrons. The number of carbonyl (C=O) groups excluding carboxylic acids is 1. The van der Waals surface area contributed by atoms with Crippen molar-refractivity contribution in [1.82, 2.24) is 0 Å². The van der Waals surface area contributed by atoms with Crippen LogP contribution in [-0.2, 0) is 11.2 Å². The van der Waals surface area contributed by atoms with Gasteiger partial charge in [-0.25, -0.2) is 4.79 Å². The first-order chi connectivity index (χ1) is 14.0. The molecule has 0 saturated heterocycles. The molecule has 0 fully saturated rings. The van der Waals surface area contributed by atoms with Crippen LogP contribution in [0.1, 0.15) is 79.1 Å². The minimum atomic E-state index is -0.882. The van der Waals surface area contributed by atoms with Crippen LogP contribution < -0.4 is 4.74 Å². The largest absolute Gasteiger partial charge is 0.486 e. The van der Waals surface area contributed by atoms with E-state index in [1.54, 1.807) is 6.07 Å². The van der Waals surface area contributed by atoms with E-state index in [1.165, 1.54) is 5.56 Å². The maximum absolute atomic E-state index is 12.1. The normalized spacial score (nSPS) is 12.5. The van der Waals surface area contributed by atoms with Crippen molar-refractivity contribution < 1.29 is 19.4 Å². The molecule has 4 heteroatoms. The summed E-state index contributed by atoms with van der Waals surface area (Å²) in [5, 5.41) is 9.19. The number of carbonyl (C=O) groups is 2. The fourth-order valence-electron chi connectivity index (χ4n) is 3.52. The van der Waals surface area contributed by atoms with Crippen LogP contribution in [0.5, 0.6) is 5.75 Å². The Labute approximate surface area is 180 Å². The second-order valence-electron chi connectivity index (χ2n) is 9.09. The lowest BCUT2D eigenvalue weighted by molar-refractivity contribution is -0.128. The van der Waals surface area contributed by atoms with E-state index in [9.17, 15) is 14.7 Å². The Morgan fingerprint density at radius 3 is 2.27 bits per heavy atom. The Balaban J connectivity index is 2.04. The molecule has 2 rings (SSSR count). The molecule has 0 amide bonds. The topological polar surface area (TPSA) is 63.6 Å². The van der Waals surface area contributed by atoms with Crippen LogP contribution >= 0.6 is 0 Å². The zero-order chi connectivity index (χ0) is 22.5. The molecule has 0 bridgehead atoms. The molecular formula is C26H34O4. The van der Waals surface area contributed by atoms with Crippen molar-refractivity contribution in [3.63, 3.8) is 0 Å². The number of rotatable bonds is 9. The zero-order valence-electron chi connectivity index (χ0n) is 19.0. The highest BCUT2D eigenvalue weighted by Crippen LogP contribution is 2.30. The molecule has 0 saturated carbocycles. The van der Waals surface area contributed by atoms with Crippen molar-refractivity contribution in [2.24, 2.45) is 5.41 Å². The predicted octanol–water partition coefficient (Wildman–Crippen LogP) is 6.12. The monoisotopic (exact) mass is 410 g/mol. The highest BCUT2D eigenvalue weighted by Gasteiger charge is 2.22. The first-order valence-corrected chi connectivity index (χ1v) is 10.6. The SMILES string of the molecule is CCC(CCc1ccc(C(=O)O)c(C)c1)c1ccc(OCC(=O)C(C)(C)C)c(C)c1. The second-order valence-corrected chi connectivity index (χ2v) is 9.09. The van der Waals surface area contributed by atoms with Crippen LogP contribution in [0.15, 0.2) is 36.4 Å². The highest BCUT2D eigenvalue weighted by atomic mass is 16.5. The molecule has 0 aliphatic rings. The first-order valence-electron chi connectivity index (χ1n) is 10.6. The lowest BCUT2D eigenvalue weighted by Gasteiger charge is -2.19. The summed E-state index contributed by atoms with van der Waals surface area (Å²) in [6.45, 7) is 11.8. The third-order valence-electron chi connectivity index (χ3n) is 5.66. The van der Waals surface area contributed by atoms with Crippen molar-refractivity contribution in [3.8, 4) is 5.75 Å². The molecule has 0 aliphatic carbocycles. The fourth-order valence-corrected chi connectivity index (χ4v) is 3.52. The van der Waals surface area contributed by atoms with E-state index in [0.717, 1.165) is 41.7 Å². The standard InChI is InChI=1S/C26H34O4/c1-7-20(10-8-19-9-12-22(25(28)29)17(2)14-19)21-11-13-23(18(3)15-21)30-16-24(27)26(4,5)6/h9,11-15,20H,7-8,10,16H2,1-6H3,(H,28,29). The quantitative estimate of drug-likeness (QED) is 0.541. The van der Waals surface area contributed by atoms with Gasteiger partial charge in [-0.05, 0) is 73.4 Å². The number of aromatic carboxylic acids is 1. The smallest absolute Gasteiger partial charge is 0.335 e. The van der Waals surface area contributed by atoms with E-state index in [-0.39, 0.29) is 12.4 Å². The predicted molar refractivity (Wildman–Crippen MR) is 121 cm³/mol. The van der Waals surface area contributed by atoms with Gasteiger partial charge in [-0.2, -0.15) is 0 Å². The van der Waals surface area contributed by atoms with Gasteiger partial charge in [0.1, 0.15) is 12.4 Å². The van der Waals surface area contributed by atoms with E-state index in [4.69, 9.17) is 4.74 Å². The van der Waals surface area contributed by atoms with Gasteiger partial charge in [0.05, 0.1) is 5.56 Å². The van der Waals surface area contributed by atoms with E-state index in [1.807, 2.05) is 52.8 Å². The number of ether oxygens (including phenoxy) is 1. The average molecular weight is 411 g/mol. The summed E-state index contributed by atoms with van der Waals surface area (Å²) in [6.07, 6.45) is 2.91. The molecule has 2 aromatic rings. The molecule has 0 aromatic heterocycles. The molecule has 0 radical (unpaired) electrons. The van der Waals surface area contributed by atoms with Crippen LogP contribution in [0.2, 0.25) is 0 Å². The number of Topliss-reactive ketones (excluding diaryl/α,β-unsaturated/α-hetero) is 1. The van der Waals surface area contributed by atoms with Gasteiger partial charge in [-0.1, -0.05) is 52.0 Å². The molecule has 0 spiro atoms. The molecule has 0 aliphatic heterocycles. The average Bonchev–Trinajstić information content (AvgIpc) is 2.66. The number of ketones is 1. The summed E-state index contributed by atoms with van der Waals surface area (Å²) in [5.74, 6) is 0.369. The van der Waals surface area contributed by atoms with E-state index in [2.05, 4.69) is 19.1 Å². The Bertz CT molecular complexity index is 906. The zero-order valence-corrected chi connectivity index (χ0v) is 19.0. The second kappa shape index (κ2) is 9.92. The summed E-state index contributed by atoms with van der Waals surface area (Å²) in [5.41, 5.74) is 4.23. The van der Waals surface area contributed by atoms with Gasteiger partial charge in [0.2, 0.25) is 0 Å². The molecular weight excluding hydrogens is 376 g/mol. The van der Waals surface area contributed by atoms with E-state index in [0.29, 0.717) is 11.5 Å². The van der Waals surface area contributed by atoms with Crippen molar-refractivity contribution >= 4 is 11.8 Å². The van der Waals surface area contributed by atoms with Gasteiger partial charge >= 0.3 is 5.97 Å². The third kappa shape index (κ3) is 6.19. The van der Waals surface area contributed by atoms with Crippen LogP contribution in [-0.4, -0.2) is 23.5 Å². The van der Waals surface area contributed by atoms with Gasteiger partial charge in [0.15, 0.2) is 5.78 Å². The molecule has 4 nitrogen and oxygen atoms in total. The van der Waals surface area contributed by atoms with E-state index >= 15 is 0 Å². The van der Waals surface area contributed by atoms with Crippen molar-refractivity contribution in [1.29, 1.82) is 0 Å². The number of aryl methyl sites for hydroxylation is 3. The number of hydrogen-bond acceptors (Lipinski definition) is 3. The van der Waals surface area contributed by atoms with Gasteiger partial charge in [-0.3, -0.25) is 4.79 Å². The number of hydrogen-bond donors (Lipinski definition) is 1. The van der Waals surface area contributed by atoms with Crippen LogP contribution in [0.4, 0.5) is 0 Å². The van der Waals surface area contributed by atoms with Gasteiger partial charge in [0.25, 0.3) is 0 Å². The first kappa shape index (κ1) is 23.7.